The molecule has 0 radical (unpaired) electrons. The Kier molecular flexibility index (Phi) is 3.02. The lowest BCUT2D eigenvalue weighted by Crippen LogP contribution is -2.18. The van der Waals surface area contributed by atoms with Crippen LogP contribution in [0.2, 0.25) is 0 Å². The van der Waals surface area contributed by atoms with Gasteiger partial charge in [-0.3, -0.25) is 4.98 Å². The molecule has 0 atom stereocenters. The number of halogens is 1. The number of hydrogen-bond acceptors (Lipinski definition) is 4. The van der Waals surface area contributed by atoms with Gasteiger partial charge in [0.1, 0.15) is 5.76 Å². The molecule has 3 rings (SSSR count). The third-order valence-corrected chi connectivity index (χ3v) is 3.21. The number of anilines is 2. The summed E-state index contributed by atoms with van der Waals surface area (Å²) < 4.78 is 19.6. The van der Waals surface area contributed by atoms with E-state index < -0.39 is 0 Å². The van der Waals surface area contributed by atoms with Gasteiger partial charge in [0, 0.05) is 24.3 Å². The van der Waals surface area contributed by atoms with Crippen molar-refractivity contribution in [2.75, 3.05) is 17.7 Å². The summed E-state index contributed by atoms with van der Waals surface area (Å²) in [4.78, 5) is 6.03. The first-order valence-corrected chi connectivity index (χ1v) is 6.23. The van der Waals surface area contributed by atoms with Crippen LogP contribution in [-0.2, 0) is 6.54 Å². The maximum Gasteiger partial charge on any atom is 0.150 e. The van der Waals surface area contributed by atoms with Crippen LogP contribution in [0.15, 0.2) is 47.2 Å². The Morgan fingerprint density at radius 1 is 1.35 bits per heavy atom. The topological polar surface area (TPSA) is 55.3 Å². The van der Waals surface area contributed by atoms with E-state index in [-0.39, 0.29) is 5.82 Å². The molecular weight excluding hydrogens is 257 g/mol. The van der Waals surface area contributed by atoms with Crippen molar-refractivity contribution < 1.29 is 8.81 Å². The highest BCUT2D eigenvalue weighted by Crippen LogP contribution is 2.32. The number of nitrogens with two attached hydrogens (primary N) is 1. The molecule has 20 heavy (non-hydrogen) atoms. The summed E-state index contributed by atoms with van der Waals surface area (Å²) in [5.74, 6) is 0.371. The monoisotopic (exact) mass is 271 g/mol. The molecule has 0 aliphatic rings. The number of rotatable bonds is 3. The second-order valence-electron chi connectivity index (χ2n) is 4.63. The second kappa shape index (κ2) is 4.85. The number of hydrogen-bond donors (Lipinski definition) is 1. The number of furan rings is 1. The van der Waals surface area contributed by atoms with Gasteiger partial charge in [-0.1, -0.05) is 0 Å². The van der Waals surface area contributed by atoms with E-state index in [1.54, 1.807) is 36.5 Å². The average Bonchev–Trinajstić information content (AvgIpc) is 2.91. The zero-order valence-electron chi connectivity index (χ0n) is 11.0. The van der Waals surface area contributed by atoms with E-state index in [2.05, 4.69) is 4.98 Å². The predicted octanol–water partition coefficient (Wildman–Crippen LogP) is 3.19. The summed E-state index contributed by atoms with van der Waals surface area (Å²) in [6, 6.07) is 8.60. The van der Waals surface area contributed by atoms with Gasteiger partial charge in [0.15, 0.2) is 5.82 Å². The third kappa shape index (κ3) is 2.07. The molecule has 3 aromatic rings. The zero-order valence-corrected chi connectivity index (χ0v) is 11.0. The first kappa shape index (κ1) is 12.5. The van der Waals surface area contributed by atoms with Gasteiger partial charge in [-0.15, -0.1) is 0 Å². The lowest BCUT2D eigenvalue weighted by atomic mass is 10.1. The van der Waals surface area contributed by atoms with Crippen molar-refractivity contribution in [3.05, 3.63) is 54.4 Å². The molecule has 0 saturated heterocycles. The number of fused-ring (bicyclic) bond motifs is 1. The first-order chi connectivity index (χ1) is 9.66. The zero-order chi connectivity index (χ0) is 14.1. The third-order valence-electron chi connectivity index (χ3n) is 3.21. The van der Waals surface area contributed by atoms with Crippen molar-refractivity contribution in [1.82, 2.24) is 4.98 Å². The fourth-order valence-corrected chi connectivity index (χ4v) is 2.30. The Bertz CT molecular complexity index is 740. The minimum atomic E-state index is -0.386. The molecule has 2 aromatic heterocycles. The standard InChI is InChI=1S/C15H14FN3O/c1-19(9-10-4-3-7-20-10)15-12(16)8-13(17)11-5-2-6-18-14(11)15/h2-8H,9,17H2,1H3. The van der Waals surface area contributed by atoms with Crippen molar-refractivity contribution in [1.29, 1.82) is 0 Å². The van der Waals surface area contributed by atoms with Crippen molar-refractivity contribution in [2.24, 2.45) is 0 Å². The van der Waals surface area contributed by atoms with E-state index in [1.807, 2.05) is 12.1 Å². The van der Waals surface area contributed by atoms with Crippen LogP contribution in [0.1, 0.15) is 5.76 Å². The summed E-state index contributed by atoms with van der Waals surface area (Å²) in [6.45, 7) is 0.458. The summed E-state index contributed by atoms with van der Waals surface area (Å²) in [6.07, 6.45) is 3.23. The summed E-state index contributed by atoms with van der Waals surface area (Å²) in [5, 5.41) is 0.746. The minimum Gasteiger partial charge on any atom is -0.467 e. The summed E-state index contributed by atoms with van der Waals surface area (Å²) in [7, 11) is 1.80. The highest BCUT2D eigenvalue weighted by Gasteiger charge is 2.16. The van der Waals surface area contributed by atoms with Crippen LogP contribution in [0.5, 0.6) is 0 Å². The molecule has 1 aromatic carbocycles. The van der Waals surface area contributed by atoms with Crippen molar-refractivity contribution in [2.45, 2.75) is 6.54 Å². The van der Waals surface area contributed by atoms with E-state index >= 15 is 0 Å². The van der Waals surface area contributed by atoms with Crippen LogP contribution in [0, 0.1) is 5.82 Å². The van der Waals surface area contributed by atoms with Crippen molar-refractivity contribution in [3.8, 4) is 0 Å². The second-order valence-corrected chi connectivity index (χ2v) is 4.63. The quantitative estimate of drug-likeness (QED) is 0.743. The molecule has 4 nitrogen and oxygen atoms in total. The fraction of sp³-hybridized carbons (Fsp3) is 0.133. The molecule has 0 bridgehead atoms. The summed E-state index contributed by atoms with van der Waals surface area (Å²) in [5.41, 5.74) is 7.21. The van der Waals surface area contributed by atoms with E-state index in [1.165, 1.54) is 6.07 Å². The van der Waals surface area contributed by atoms with Gasteiger partial charge < -0.3 is 15.1 Å². The largest absolute Gasteiger partial charge is 0.467 e. The minimum absolute atomic E-state index is 0.386. The SMILES string of the molecule is CN(Cc1ccco1)c1c(F)cc(N)c2cccnc12. The smallest absolute Gasteiger partial charge is 0.150 e. The number of nitrogen functional groups attached to an aromatic ring is 1. The first-order valence-electron chi connectivity index (χ1n) is 6.23. The predicted molar refractivity (Wildman–Crippen MR) is 76.9 cm³/mol. The average molecular weight is 271 g/mol. The van der Waals surface area contributed by atoms with E-state index in [0.29, 0.717) is 23.4 Å². The maximum absolute atomic E-state index is 14.3. The highest BCUT2D eigenvalue weighted by molar-refractivity contribution is 5.98. The number of benzene rings is 1. The van der Waals surface area contributed by atoms with Gasteiger partial charge in [-0.05, 0) is 30.3 Å². The number of nitrogens with zero attached hydrogens (tertiary/aromatic N) is 2. The Morgan fingerprint density at radius 2 is 2.20 bits per heavy atom. The van der Waals surface area contributed by atoms with E-state index in [4.69, 9.17) is 10.2 Å². The number of aromatic nitrogens is 1. The molecule has 0 unspecified atom stereocenters. The maximum atomic E-state index is 14.3. The van der Waals surface area contributed by atoms with Gasteiger partial charge in [-0.25, -0.2) is 4.39 Å². The lowest BCUT2D eigenvalue weighted by Gasteiger charge is -2.20. The molecule has 0 aliphatic carbocycles. The number of pyridine rings is 1. The molecular formula is C15H14FN3O. The highest BCUT2D eigenvalue weighted by atomic mass is 19.1. The fourth-order valence-electron chi connectivity index (χ4n) is 2.30. The molecule has 0 aliphatic heterocycles. The Balaban J connectivity index is 2.10. The molecule has 2 heterocycles. The molecule has 0 fully saturated rings. The van der Waals surface area contributed by atoms with Gasteiger partial charge in [-0.2, -0.15) is 0 Å². The molecule has 5 heteroatoms. The van der Waals surface area contributed by atoms with Crippen molar-refractivity contribution >= 4 is 22.3 Å². The van der Waals surface area contributed by atoms with Crippen LogP contribution >= 0.6 is 0 Å². The van der Waals surface area contributed by atoms with Gasteiger partial charge in [0.25, 0.3) is 0 Å². The molecule has 2 N–H and O–H groups in total. The Morgan fingerprint density at radius 3 is 2.95 bits per heavy atom. The Labute approximate surface area is 115 Å². The molecule has 102 valence electrons. The van der Waals surface area contributed by atoms with Gasteiger partial charge in [0.2, 0.25) is 0 Å². The lowest BCUT2D eigenvalue weighted by molar-refractivity contribution is 0.506. The summed E-state index contributed by atoms with van der Waals surface area (Å²) >= 11 is 0. The van der Waals surface area contributed by atoms with Crippen LogP contribution in [0.25, 0.3) is 10.9 Å². The molecule has 0 saturated carbocycles. The van der Waals surface area contributed by atoms with Crippen LogP contribution in [0.4, 0.5) is 15.8 Å². The van der Waals surface area contributed by atoms with Crippen LogP contribution in [-0.4, -0.2) is 12.0 Å². The van der Waals surface area contributed by atoms with E-state index in [0.717, 1.165) is 11.1 Å². The van der Waals surface area contributed by atoms with Crippen molar-refractivity contribution in [3.63, 3.8) is 0 Å². The molecule has 0 amide bonds. The Hall–Kier alpha value is -2.56. The molecule has 0 spiro atoms. The van der Waals surface area contributed by atoms with E-state index in [9.17, 15) is 4.39 Å². The van der Waals surface area contributed by atoms with Gasteiger partial charge in [0.05, 0.1) is 24.0 Å². The van der Waals surface area contributed by atoms with Gasteiger partial charge >= 0.3 is 0 Å². The van der Waals surface area contributed by atoms with Crippen LogP contribution in [0.3, 0.4) is 0 Å². The normalized spacial score (nSPS) is 10.9. The van der Waals surface area contributed by atoms with Crippen LogP contribution < -0.4 is 10.6 Å².